The summed E-state index contributed by atoms with van der Waals surface area (Å²) in [6, 6.07) is 6.96. The van der Waals surface area contributed by atoms with Crippen molar-refractivity contribution in [2.24, 2.45) is 0 Å². The highest BCUT2D eigenvalue weighted by Gasteiger charge is 2.21. The highest BCUT2D eigenvalue weighted by molar-refractivity contribution is 7.99. The molecule has 1 fully saturated rings. The molecule has 0 spiro atoms. The number of ketones is 1. The quantitative estimate of drug-likeness (QED) is 0.618. The maximum Gasteiger partial charge on any atom is 0.277 e. The van der Waals surface area contributed by atoms with Gasteiger partial charge in [0.1, 0.15) is 0 Å². The van der Waals surface area contributed by atoms with Crippen molar-refractivity contribution < 1.29 is 14.0 Å². The van der Waals surface area contributed by atoms with E-state index in [0.717, 1.165) is 12.8 Å². The highest BCUT2D eigenvalue weighted by Crippen LogP contribution is 2.32. The van der Waals surface area contributed by atoms with E-state index in [-0.39, 0.29) is 17.4 Å². The molecule has 0 bridgehead atoms. The molecule has 132 valence electrons. The van der Waals surface area contributed by atoms with E-state index < -0.39 is 0 Å². The number of amides is 1. The molecule has 0 radical (unpaired) electrons. The number of Topliss-reactive ketones (excluding diaryl/α,β-unsaturated/α-hetero) is 1. The second-order valence-electron chi connectivity index (χ2n) is 6.18. The minimum Gasteiger partial charge on any atom is -0.416 e. The summed E-state index contributed by atoms with van der Waals surface area (Å²) < 4.78 is 5.69. The number of aromatic nitrogens is 2. The van der Waals surface area contributed by atoms with Crippen LogP contribution >= 0.6 is 11.8 Å². The van der Waals surface area contributed by atoms with Gasteiger partial charge in [-0.15, -0.1) is 10.2 Å². The number of carbonyl (C=O) groups excluding carboxylic acids is 2. The Balaban J connectivity index is 1.54. The molecule has 25 heavy (non-hydrogen) atoms. The van der Waals surface area contributed by atoms with Gasteiger partial charge in [0, 0.05) is 11.5 Å². The molecule has 1 aromatic carbocycles. The second-order valence-corrected chi connectivity index (χ2v) is 7.11. The van der Waals surface area contributed by atoms with Gasteiger partial charge in [-0.2, -0.15) is 0 Å². The van der Waals surface area contributed by atoms with Crippen LogP contribution in [0.2, 0.25) is 0 Å². The van der Waals surface area contributed by atoms with E-state index in [0.29, 0.717) is 28.3 Å². The fourth-order valence-corrected chi connectivity index (χ4v) is 3.58. The van der Waals surface area contributed by atoms with E-state index >= 15 is 0 Å². The summed E-state index contributed by atoms with van der Waals surface area (Å²) >= 11 is 1.21. The Hall–Kier alpha value is -2.15. The SMILES string of the molecule is CC(=O)c1ccccc1NC(=O)CSc1nnc(C2CCCCC2)o1. The van der Waals surface area contributed by atoms with Crippen molar-refractivity contribution in [2.75, 3.05) is 11.1 Å². The summed E-state index contributed by atoms with van der Waals surface area (Å²) in [6.45, 7) is 1.48. The topological polar surface area (TPSA) is 85.1 Å². The average molecular weight is 359 g/mol. The summed E-state index contributed by atoms with van der Waals surface area (Å²) in [5.41, 5.74) is 1.02. The number of thioether (sulfide) groups is 1. The van der Waals surface area contributed by atoms with Crippen LogP contribution in [0.5, 0.6) is 0 Å². The molecule has 7 heteroatoms. The van der Waals surface area contributed by atoms with Crippen LogP contribution in [-0.2, 0) is 4.79 Å². The van der Waals surface area contributed by atoms with Crippen LogP contribution in [0.15, 0.2) is 33.9 Å². The first-order valence-electron chi connectivity index (χ1n) is 8.49. The summed E-state index contributed by atoms with van der Waals surface area (Å²) in [5, 5.41) is 11.3. The van der Waals surface area contributed by atoms with Crippen molar-refractivity contribution in [1.29, 1.82) is 0 Å². The lowest BCUT2D eigenvalue weighted by atomic mass is 9.89. The van der Waals surface area contributed by atoms with Gasteiger partial charge < -0.3 is 9.73 Å². The zero-order valence-corrected chi connectivity index (χ0v) is 15.0. The highest BCUT2D eigenvalue weighted by atomic mass is 32.2. The van der Waals surface area contributed by atoms with Crippen molar-refractivity contribution >= 4 is 29.1 Å². The minimum absolute atomic E-state index is 0.0856. The zero-order chi connectivity index (χ0) is 17.6. The molecule has 1 saturated carbocycles. The number of carbonyl (C=O) groups is 2. The van der Waals surface area contributed by atoms with Crippen molar-refractivity contribution in [3.8, 4) is 0 Å². The third-order valence-electron chi connectivity index (χ3n) is 4.28. The Morgan fingerprint density at radius 1 is 1.20 bits per heavy atom. The smallest absolute Gasteiger partial charge is 0.277 e. The van der Waals surface area contributed by atoms with Crippen molar-refractivity contribution in [1.82, 2.24) is 10.2 Å². The Morgan fingerprint density at radius 3 is 2.72 bits per heavy atom. The van der Waals surface area contributed by atoms with Gasteiger partial charge in [0.05, 0.1) is 11.4 Å². The van der Waals surface area contributed by atoms with E-state index in [1.165, 1.54) is 37.9 Å². The van der Waals surface area contributed by atoms with E-state index in [1.54, 1.807) is 24.3 Å². The molecule has 3 rings (SSSR count). The van der Waals surface area contributed by atoms with Gasteiger partial charge in [-0.25, -0.2) is 0 Å². The molecule has 1 aliphatic carbocycles. The van der Waals surface area contributed by atoms with Gasteiger partial charge in [0.2, 0.25) is 11.8 Å². The monoisotopic (exact) mass is 359 g/mol. The molecule has 0 unspecified atom stereocenters. The van der Waals surface area contributed by atoms with Crippen molar-refractivity contribution in [3.63, 3.8) is 0 Å². The summed E-state index contributed by atoms with van der Waals surface area (Å²) in [6.07, 6.45) is 5.86. The minimum atomic E-state index is -0.212. The zero-order valence-electron chi connectivity index (χ0n) is 14.2. The maximum absolute atomic E-state index is 12.1. The molecule has 1 aliphatic rings. The van der Waals surface area contributed by atoms with Crippen LogP contribution in [0, 0.1) is 0 Å². The van der Waals surface area contributed by atoms with E-state index in [2.05, 4.69) is 15.5 Å². The van der Waals surface area contributed by atoms with Gasteiger partial charge in [-0.1, -0.05) is 43.2 Å². The summed E-state index contributed by atoms with van der Waals surface area (Å²) in [4.78, 5) is 23.7. The van der Waals surface area contributed by atoms with Crippen molar-refractivity contribution in [2.45, 2.75) is 50.2 Å². The van der Waals surface area contributed by atoms with Crippen LogP contribution in [0.3, 0.4) is 0 Å². The Labute approximate surface area is 150 Å². The third-order valence-corrected chi connectivity index (χ3v) is 5.10. The lowest BCUT2D eigenvalue weighted by Gasteiger charge is -2.17. The number of nitrogens with zero attached hydrogens (tertiary/aromatic N) is 2. The second kappa shape index (κ2) is 8.29. The van der Waals surface area contributed by atoms with Gasteiger partial charge in [-0.05, 0) is 31.9 Å². The summed E-state index contributed by atoms with van der Waals surface area (Å²) in [5.74, 6) is 0.892. The van der Waals surface area contributed by atoms with Crippen LogP contribution in [0.25, 0.3) is 0 Å². The van der Waals surface area contributed by atoms with Crippen LogP contribution < -0.4 is 5.32 Å². The first-order chi connectivity index (χ1) is 12.1. The molecule has 0 aliphatic heterocycles. The first-order valence-corrected chi connectivity index (χ1v) is 9.48. The molecular weight excluding hydrogens is 338 g/mol. The lowest BCUT2D eigenvalue weighted by Crippen LogP contribution is -2.16. The first kappa shape index (κ1) is 17.7. The maximum atomic E-state index is 12.1. The molecule has 2 aromatic rings. The fraction of sp³-hybridized carbons (Fsp3) is 0.444. The molecule has 1 amide bonds. The predicted molar refractivity (Wildman–Crippen MR) is 95.9 cm³/mol. The van der Waals surface area contributed by atoms with Crippen LogP contribution in [0.1, 0.15) is 61.2 Å². The number of hydrogen-bond acceptors (Lipinski definition) is 6. The number of anilines is 1. The molecule has 1 aromatic heterocycles. The van der Waals surface area contributed by atoms with Gasteiger partial charge in [0.25, 0.3) is 5.22 Å². The number of hydrogen-bond donors (Lipinski definition) is 1. The molecule has 6 nitrogen and oxygen atoms in total. The number of rotatable bonds is 6. The lowest BCUT2D eigenvalue weighted by molar-refractivity contribution is -0.113. The molecule has 1 N–H and O–H groups in total. The Morgan fingerprint density at radius 2 is 1.96 bits per heavy atom. The van der Waals surface area contributed by atoms with E-state index in [9.17, 15) is 9.59 Å². The molecular formula is C18H21N3O3S. The Bertz CT molecular complexity index is 754. The number of para-hydroxylation sites is 1. The third kappa shape index (κ3) is 4.69. The van der Waals surface area contributed by atoms with E-state index in [4.69, 9.17) is 4.42 Å². The average Bonchev–Trinajstić information content (AvgIpc) is 3.10. The molecule has 1 heterocycles. The molecule has 0 saturated heterocycles. The predicted octanol–water partition coefficient (Wildman–Crippen LogP) is 4.05. The molecule has 0 atom stereocenters. The number of nitrogens with one attached hydrogen (secondary N) is 1. The van der Waals surface area contributed by atoms with Crippen LogP contribution in [-0.4, -0.2) is 27.6 Å². The van der Waals surface area contributed by atoms with Gasteiger partial charge in [-0.3, -0.25) is 9.59 Å². The largest absolute Gasteiger partial charge is 0.416 e. The standard InChI is InChI=1S/C18H21N3O3S/c1-12(22)14-9-5-6-10-15(14)19-16(23)11-25-18-21-20-17(24-18)13-7-3-2-4-8-13/h5-6,9-10,13H,2-4,7-8,11H2,1H3,(H,19,23). The van der Waals surface area contributed by atoms with E-state index in [1.807, 2.05) is 0 Å². The van der Waals surface area contributed by atoms with Crippen molar-refractivity contribution in [3.05, 3.63) is 35.7 Å². The Kier molecular flexibility index (Phi) is 5.86. The van der Waals surface area contributed by atoms with Gasteiger partial charge >= 0.3 is 0 Å². The fourth-order valence-electron chi connectivity index (χ4n) is 3.01. The summed E-state index contributed by atoms with van der Waals surface area (Å²) in [7, 11) is 0. The van der Waals surface area contributed by atoms with Gasteiger partial charge in [0.15, 0.2) is 5.78 Å². The van der Waals surface area contributed by atoms with Crippen LogP contribution in [0.4, 0.5) is 5.69 Å². The normalized spacial score (nSPS) is 15.1. The number of benzene rings is 1.